The third-order valence-corrected chi connectivity index (χ3v) is 4.69. The summed E-state index contributed by atoms with van der Waals surface area (Å²) in [6.45, 7) is 1.63. The van der Waals surface area contributed by atoms with Gasteiger partial charge in [0.2, 0.25) is 0 Å². The molecule has 3 nitrogen and oxygen atoms in total. The molecule has 21 heavy (non-hydrogen) atoms. The van der Waals surface area contributed by atoms with E-state index in [1.165, 1.54) is 25.3 Å². The second-order valence-electron chi connectivity index (χ2n) is 6.36. The molecular formula is C17H25FN2O. The van der Waals surface area contributed by atoms with Crippen molar-refractivity contribution in [2.45, 2.75) is 31.2 Å². The lowest BCUT2D eigenvalue weighted by Gasteiger charge is -2.49. The lowest BCUT2D eigenvalue weighted by molar-refractivity contribution is 0.0276. The Morgan fingerprint density at radius 2 is 1.90 bits per heavy atom. The minimum Gasteiger partial charge on any atom is -0.304 e. The van der Waals surface area contributed by atoms with Crippen molar-refractivity contribution in [3.63, 3.8) is 0 Å². The number of halogens is 1. The van der Waals surface area contributed by atoms with Crippen molar-refractivity contribution >= 4 is 5.78 Å². The Bertz CT molecular complexity index is 497. The first-order valence-corrected chi connectivity index (χ1v) is 7.58. The van der Waals surface area contributed by atoms with Gasteiger partial charge in [-0.05, 0) is 52.5 Å². The van der Waals surface area contributed by atoms with Gasteiger partial charge in [-0.25, -0.2) is 4.39 Å². The molecular weight excluding hydrogens is 267 g/mol. The molecule has 0 heterocycles. The molecule has 0 amide bonds. The van der Waals surface area contributed by atoms with E-state index in [0.717, 1.165) is 6.54 Å². The SMILES string of the molecule is CN(CCC(=O)c1ccccc1F)CC1(N(C)C)CCC1. The van der Waals surface area contributed by atoms with Crippen molar-refractivity contribution in [3.05, 3.63) is 35.6 Å². The van der Waals surface area contributed by atoms with E-state index in [0.29, 0.717) is 13.0 Å². The van der Waals surface area contributed by atoms with Crippen molar-refractivity contribution < 1.29 is 9.18 Å². The van der Waals surface area contributed by atoms with E-state index in [1.54, 1.807) is 18.2 Å². The van der Waals surface area contributed by atoms with E-state index < -0.39 is 5.82 Å². The first-order chi connectivity index (χ1) is 9.94. The van der Waals surface area contributed by atoms with Crippen molar-refractivity contribution in [3.8, 4) is 0 Å². The summed E-state index contributed by atoms with van der Waals surface area (Å²) in [5, 5.41) is 0. The van der Waals surface area contributed by atoms with Crippen LogP contribution in [0.4, 0.5) is 4.39 Å². The Kier molecular flexibility index (Phi) is 5.12. The van der Waals surface area contributed by atoms with Gasteiger partial charge in [0.05, 0.1) is 5.56 Å². The average Bonchev–Trinajstić information content (AvgIpc) is 2.40. The third-order valence-electron chi connectivity index (χ3n) is 4.69. The maximum Gasteiger partial charge on any atom is 0.167 e. The zero-order valence-corrected chi connectivity index (χ0v) is 13.2. The van der Waals surface area contributed by atoms with Crippen molar-refractivity contribution in [2.75, 3.05) is 34.2 Å². The fourth-order valence-corrected chi connectivity index (χ4v) is 3.03. The van der Waals surface area contributed by atoms with Crippen LogP contribution in [0.25, 0.3) is 0 Å². The Balaban J connectivity index is 1.85. The van der Waals surface area contributed by atoms with E-state index in [-0.39, 0.29) is 16.9 Å². The number of ketones is 1. The molecule has 0 radical (unpaired) electrons. The zero-order chi connectivity index (χ0) is 15.5. The zero-order valence-electron chi connectivity index (χ0n) is 13.2. The molecule has 1 aliphatic rings. The standard InChI is InChI=1S/C17H25FN2O/c1-19(2)17(10-6-11-17)13-20(3)12-9-16(21)14-7-4-5-8-15(14)18/h4-5,7-8H,6,9-13H2,1-3H3. The molecule has 0 aromatic heterocycles. The second kappa shape index (κ2) is 6.67. The highest BCUT2D eigenvalue weighted by Gasteiger charge is 2.39. The lowest BCUT2D eigenvalue weighted by atomic mass is 9.75. The Hall–Kier alpha value is -1.26. The quantitative estimate of drug-likeness (QED) is 0.722. The third kappa shape index (κ3) is 3.69. The molecule has 2 rings (SSSR count). The van der Waals surface area contributed by atoms with Crippen LogP contribution < -0.4 is 0 Å². The largest absolute Gasteiger partial charge is 0.304 e. The van der Waals surface area contributed by atoms with Crippen LogP contribution in [-0.2, 0) is 0 Å². The Morgan fingerprint density at radius 1 is 1.24 bits per heavy atom. The monoisotopic (exact) mass is 292 g/mol. The molecule has 0 spiro atoms. The van der Waals surface area contributed by atoms with Crippen molar-refractivity contribution in [2.24, 2.45) is 0 Å². The van der Waals surface area contributed by atoms with Gasteiger partial charge < -0.3 is 9.80 Å². The van der Waals surface area contributed by atoms with Gasteiger partial charge in [0.1, 0.15) is 5.82 Å². The minimum atomic E-state index is -0.422. The number of likely N-dealkylation sites (N-methyl/N-ethyl adjacent to an activating group) is 2. The fraction of sp³-hybridized carbons (Fsp3) is 0.588. The maximum absolute atomic E-state index is 13.6. The maximum atomic E-state index is 13.6. The predicted octanol–water partition coefficient (Wildman–Crippen LogP) is 2.81. The van der Waals surface area contributed by atoms with E-state index in [2.05, 4.69) is 23.9 Å². The number of carbonyl (C=O) groups is 1. The number of nitrogens with zero attached hydrogens (tertiary/aromatic N) is 2. The van der Waals surface area contributed by atoms with Gasteiger partial charge in [-0.15, -0.1) is 0 Å². The van der Waals surface area contributed by atoms with Crippen LogP contribution in [0.2, 0.25) is 0 Å². The van der Waals surface area contributed by atoms with Gasteiger partial charge in [0.25, 0.3) is 0 Å². The summed E-state index contributed by atoms with van der Waals surface area (Å²) >= 11 is 0. The number of hydrogen-bond donors (Lipinski definition) is 0. The molecule has 1 aromatic carbocycles. The number of carbonyl (C=O) groups excluding carboxylic acids is 1. The van der Waals surface area contributed by atoms with Gasteiger partial charge in [-0.3, -0.25) is 4.79 Å². The predicted molar refractivity (Wildman–Crippen MR) is 83.1 cm³/mol. The average molecular weight is 292 g/mol. The molecule has 1 aromatic rings. The van der Waals surface area contributed by atoms with E-state index >= 15 is 0 Å². The molecule has 0 aliphatic heterocycles. The van der Waals surface area contributed by atoms with Crippen LogP contribution in [0.3, 0.4) is 0 Å². The summed E-state index contributed by atoms with van der Waals surface area (Å²) in [7, 11) is 6.28. The number of hydrogen-bond acceptors (Lipinski definition) is 3. The fourth-order valence-electron chi connectivity index (χ4n) is 3.03. The second-order valence-corrected chi connectivity index (χ2v) is 6.36. The van der Waals surface area contributed by atoms with E-state index in [1.807, 2.05) is 7.05 Å². The lowest BCUT2D eigenvalue weighted by Crippen LogP contribution is -2.56. The van der Waals surface area contributed by atoms with E-state index in [9.17, 15) is 9.18 Å². The molecule has 0 unspecified atom stereocenters. The molecule has 0 bridgehead atoms. The molecule has 0 atom stereocenters. The highest BCUT2D eigenvalue weighted by molar-refractivity contribution is 5.96. The summed E-state index contributed by atoms with van der Waals surface area (Å²) in [5.41, 5.74) is 0.465. The van der Waals surface area contributed by atoms with Crippen molar-refractivity contribution in [1.29, 1.82) is 0 Å². The molecule has 116 valence electrons. The summed E-state index contributed by atoms with van der Waals surface area (Å²) in [6.07, 6.45) is 4.07. The first-order valence-electron chi connectivity index (χ1n) is 7.58. The van der Waals surface area contributed by atoms with Crippen LogP contribution >= 0.6 is 0 Å². The molecule has 0 saturated heterocycles. The van der Waals surface area contributed by atoms with Crippen molar-refractivity contribution in [1.82, 2.24) is 9.80 Å². The van der Waals surface area contributed by atoms with E-state index in [4.69, 9.17) is 0 Å². The minimum absolute atomic E-state index is 0.118. The van der Waals surface area contributed by atoms with Crippen LogP contribution in [0.15, 0.2) is 24.3 Å². The Morgan fingerprint density at radius 3 is 2.43 bits per heavy atom. The van der Waals surface area contributed by atoms with Gasteiger partial charge >= 0.3 is 0 Å². The molecule has 1 fully saturated rings. The summed E-state index contributed by atoms with van der Waals surface area (Å²) in [4.78, 5) is 16.6. The Labute approximate surface area is 126 Å². The number of Topliss-reactive ketones (excluding diaryl/α,β-unsaturated/α-hetero) is 1. The first kappa shape index (κ1) is 16.1. The smallest absolute Gasteiger partial charge is 0.167 e. The molecule has 4 heteroatoms. The molecule has 1 saturated carbocycles. The summed E-state index contributed by atoms with van der Waals surface area (Å²) < 4.78 is 13.6. The van der Waals surface area contributed by atoms with Crippen LogP contribution in [0.1, 0.15) is 36.0 Å². The summed E-state index contributed by atoms with van der Waals surface area (Å²) in [5.74, 6) is -0.540. The van der Waals surface area contributed by atoms with Crippen LogP contribution in [-0.4, -0.2) is 55.4 Å². The number of benzene rings is 1. The van der Waals surface area contributed by atoms with Gasteiger partial charge in [0.15, 0.2) is 5.78 Å². The molecule has 0 N–H and O–H groups in total. The van der Waals surface area contributed by atoms with Gasteiger partial charge in [0, 0.05) is 25.0 Å². The van der Waals surface area contributed by atoms with Gasteiger partial charge in [-0.1, -0.05) is 12.1 Å². The van der Waals surface area contributed by atoms with Gasteiger partial charge in [-0.2, -0.15) is 0 Å². The highest BCUT2D eigenvalue weighted by atomic mass is 19.1. The normalized spacial score (nSPS) is 17.0. The topological polar surface area (TPSA) is 23.6 Å². The number of rotatable bonds is 7. The van der Waals surface area contributed by atoms with Crippen LogP contribution in [0.5, 0.6) is 0 Å². The van der Waals surface area contributed by atoms with Crippen LogP contribution in [0, 0.1) is 5.82 Å². The molecule has 1 aliphatic carbocycles. The summed E-state index contributed by atoms with van der Waals surface area (Å²) in [6, 6.07) is 6.21. The highest BCUT2D eigenvalue weighted by Crippen LogP contribution is 2.36.